The lowest BCUT2D eigenvalue weighted by Crippen LogP contribution is -2.18. The van der Waals surface area contributed by atoms with E-state index in [4.69, 9.17) is 9.47 Å². The lowest BCUT2D eigenvalue weighted by molar-refractivity contribution is 0.349. The van der Waals surface area contributed by atoms with Gasteiger partial charge >= 0.3 is 0 Å². The predicted molar refractivity (Wildman–Crippen MR) is 77.3 cm³/mol. The second-order valence-electron chi connectivity index (χ2n) is 4.13. The highest BCUT2D eigenvalue weighted by atomic mass is 32.1. The molecule has 0 bridgehead atoms. The quantitative estimate of drug-likeness (QED) is 0.913. The number of aromatic nitrogens is 1. The van der Waals surface area contributed by atoms with Crippen LogP contribution in [0.4, 0.5) is 0 Å². The Balaban J connectivity index is 2.49. The smallest absolute Gasteiger partial charge is 0.165 e. The van der Waals surface area contributed by atoms with Gasteiger partial charge in [0.15, 0.2) is 11.5 Å². The monoisotopic (exact) mass is 278 g/mol. The van der Waals surface area contributed by atoms with Crippen LogP contribution in [0, 0.1) is 6.92 Å². The molecule has 1 N–H and O–H groups in total. The maximum atomic E-state index is 5.49. The number of para-hydroxylation sites is 1. The summed E-state index contributed by atoms with van der Waals surface area (Å²) < 4.78 is 10.8. The molecule has 0 saturated carbocycles. The van der Waals surface area contributed by atoms with E-state index >= 15 is 0 Å². The molecule has 0 amide bonds. The first-order valence-electron chi connectivity index (χ1n) is 6.01. The number of hydrogen-bond donors (Lipinski definition) is 1. The molecule has 1 atom stereocenters. The molecule has 4 nitrogen and oxygen atoms in total. The fourth-order valence-corrected chi connectivity index (χ4v) is 2.98. The minimum absolute atomic E-state index is 0.00347. The summed E-state index contributed by atoms with van der Waals surface area (Å²) in [4.78, 5) is 4.55. The molecule has 2 aromatic rings. The van der Waals surface area contributed by atoms with Crippen molar-refractivity contribution in [1.82, 2.24) is 10.3 Å². The van der Waals surface area contributed by atoms with E-state index in [1.807, 2.05) is 37.6 Å². The molecule has 0 spiro atoms. The van der Waals surface area contributed by atoms with E-state index in [9.17, 15) is 0 Å². The van der Waals surface area contributed by atoms with Gasteiger partial charge in [0.05, 0.1) is 20.3 Å². The first-order valence-corrected chi connectivity index (χ1v) is 6.89. The molecule has 1 aromatic carbocycles. The van der Waals surface area contributed by atoms with Gasteiger partial charge in [-0.15, -0.1) is 11.3 Å². The highest BCUT2D eigenvalue weighted by Gasteiger charge is 2.21. The van der Waals surface area contributed by atoms with Gasteiger partial charge in [-0.25, -0.2) is 4.98 Å². The van der Waals surface area contributed by atoms with Gasteiger partial charge in [0.1, 0.15) is 5.01 Å². The fraction of sp³-hybridized carbons (Fsp3) is 0.357. The molecule has 1 unspecified atom stereocenters. The van der Waals surface area contributed by atoms with Crippen molar-refractivity contribution < 1.29 is 9.47 Å². The lowest BCUT2D eigenvalue weighted by atomic mass is 10.1. The van der Waals surface area contributed by atoms with Crippen molar-refractivity contribution in [2.75, 3.05) is 21.3 Å². The number of rotatable bonds is 5. The number of nitrogens with zero attached hydrogens (tertiary/aromatic N) is 1. The van der Waals surface area contributed by atoms with Gasteiger partial charge in [-0.2, -0.15) is 0 Å². The third-order valence-electron chi connectivity index (χ3n) is 2.92. The van der Waals surface area contributed by atoms with Crippen LogP contribution in [0.2, 0.25) is 0 Å². The van der Waals surface area contributed by atoms with E-state index in [1.54, 1.807) is 25.6 Å². The zero-order valence-electron chi connectivity index (χ0n) is 11.6. The Kier molecular flexibility index (Phi) is 4.39. The van der Waals surface area contributed by atoms with Gasteiger partial charge in [-0.1, -0.05) is 12.1 Å². The fourth-order valence-electron chi connectivity index (χ4n) is 2.06. The Morgan fingerprint density at radius 1 is 1.26 bits per heavy atom. The van der Waals surface area contributed by atoms with Crippen molar-refractivity contribution >= 4 is 11.3 Å². The first-order chi connectivity index (χ1) is 9.21. The summed E-state index contributed by atoms with van der Waals surface area (Å²) in [7, 11) is 5.21. The van der Waals surface area contributed by atoms with Crippen molar-refractivity contribution in [3.63, 3.8) is 0 Å². The topological polar surface area (TPSA) is 43.4 Å². The van der Waals surface area contributed by atoms with E-state index in [-0.39, 0.29) is 6.04 Å². The summed E-state index contributed by atoms with van der Waals surface area (Å²) >= 11 is 1.64. The molecule has 0 aliphatic carbocycles. The van der Waals surface area contributed by atoms with Crippen LogP contribution in [-0.2, 0) is 0 Å². The summed E-state index contributed by atoms with van der Waals surface area (Å²) in [6, 6.07) is 5.88. The van der Waals surface area contributed by atoms with Crippen molar-refractivity contribution in [1.29, 1.82) is 0 Å². The van der Waals surface area contributed by atoms with E-state index in [0.717, 1.165) is 27.8 Å². The van der Waals surface area contributed by atoms with Gasteiger partial charge in [0.25, 0.3) is 0 Å². The molecule has 0 saturated heterocycles. The number of ether oxygens (including phenoxy) is 2. The second kappa shape index (κ2) is 6.04. The summed E-state index contributed by atoms with van der Waals surface area (Å²) in [5.74, 6) is 1.48. The molecule has 102 valence electrons. The van der Waals surface area contributed by atoms with E-state index in [0.29, 0.717) is 0 Å². The third-order valence-corrected chi connectivity index (χ3v) is 3.94. The largest absolute Gasteiger partial charge is 0.493 e. The lowest BCUT2D eigenvalue weighted by Gasteiger charge is -2.19. The van der Waals surface area contributed by atoms with Crippen molar-refractivity contribution in [3.05, 3.63) is 39.8 Å². The van der Waals surface area contributed by atoms with Crippen molar-refractivity contribution in [2.24, 2.45) is 0 Å². The SMILES string of the molecule is CNC(c1nc(C)cs1)c1cccc(OC)c1OC. The summed E-state index contributed by atoms with van der Waals surface area (Å²) in [5.41, 5.74) is 2.06. The van der Waals surface area contributed by atoms with Gasteiger partial charge in [-0.3, -0.25) is 0 Å². The number of nitrogens with one attached hydrogen (secondary N) is 1. The van der Waals surface area contributed by atoms with Crippen LogP contribution in [0.15, 0.2) is 23.6 Å². The Morgan fingerprint density at radius 2 is 2.05 bits per heavy atom. The number of methoxy groups -OCH3 is 2. The van der Waals surface area contributed by atoms with E-state index < -0.39 is 0 Å². The number of aryl methyl sites for hydroxylation is 1. The zero-order valence-corrected chi connectivity index (χ0v) is 12.4. The molecule has 0 radical (unpaired) electrons. The Bertz CT molecular complexity index is 554. The van der Waals surface area contributed by atoms with E-state index in [1.165, 1.54) is 0 Å². The molecular weight excluding hydrogens is 260 g/mol. The van der Waals surface area contributed by atoms with Crippen LogP contribution < -0.4 is 14.8 Å². The van der Waals surface area contributed by atoms with Crippen molar-refractivity contribution in [2.45, 2.75) is 13.0 Å². The molecule has 0 fully saturated rings. The second-order valence-corrected chi connectivity index (χ2v) is 5.02. The molecule has 1 heterocycles. The number of benzene rings is 1. The van der Waals surface area contributed by atoms with Crippen LogP contribution in [0.5, 0.6) is 11.5 Å². The predicted octanol–water partition coefficient (Wildman–Crippen LogP) is 2.78. The summed E-state index contributed by atoms with van der Waals surface area (Å²) in [6.45, 7) is 2.00. The van der Waals surface area contributed by atoms with Crippen LogP contribution in [-0.4, -0.2) is 26.3 Å². The maximum Gasteiger partial charge on any atom is 0.165 e. The minimum atomic E-state index is 0.00347. The third kappa shape index (κ3) is 2.72. The van der Waals surface area contributed by atoms with Crippen molar-refractivity contribution in [3.8, 4) is 11.5 Å². The van der Waals surface area contributed by atoms with E-state index in [2.05, 4.69) is 10.3 Å². The number of thiazole rings is 1. The Labute approximate surface area is 117 Å². The highest BCUT2D eigenvalue weighted by molar-refractivity contribution is 7.09. The van der Waals surface area contributed by atoms with Crippen LogP contribution in [0.1, 0.15) is 22.3 Å². The summed E-state index contributed by atoms with van der Waals surface area (Å²) in [5, 5.41) is 6.35. The van der Waals surface area contributed by atoms with Gasteiger partial charge < -0.3 is 14.8 Å². The molecule has 0 aliphatic heterocycles. The molecule has 1 aromatic heterocycles. The highest BCUT2D eigenvalue weighted by Crippen LogP contribution is 2.37. The normalized spacial score (nSPS) is 12.2. The average Bonchev–Trinajstić information content (AvgIpc) is 2.85. The van der Waals surface area contributed by atoms with Gasteiger partial charge in [-0.05, 0) is 20.0 Å². The Morgan fingerprint density at radius 3 is 2.58 bits per heavy atom. The first kappa shape index (κ1) is 13.8. The number of hydrogen-bond acceptors (Lipinski definition) is 5. The van der Waals surface area contributed by atoms with Crippen LogP contribution >= 0.6 is 11.3 Å². The van der Waals surface area contributed by atoms with Gasteiger partial charge in [0.2, 0.25) is 0 Å². The zero-order chi connectivity index (χ0) is 13.8. The van der Waals surface area contributed by atoms with Gasteiger partial charge in [0, 0.05) is 16.6 Å². The molecule has 19 heavy (non-hydrogen) atoms. The van der Waals surface area contributed by atoms with Crippen LogP contribution in [0.25, 0.3) is 0 Å². The molecular formula is C14H18N2O2S. The minimum Gasteiger partial charge on any atom is -0.493 e. The average molecular weight is 278 g/mol. The van der Waals surface area contributed by atoms with Crippen LogP contribution in [0.3, 0.4) is 0 Å². The summed E-state index contributed by atoms with van der Waals surface area (Å²) in [6.07, 6.45) is 0. The standard InChI is InChI=1S/C14H18N2O2S/c1-9-8-19-14(16-9)12(15-2)10-6-5-7-11(17-3)13(10)18-4/h5-8,12,15H,1-4H3. The molecule has 0 aliphatic rings. The Hall–Kier alpha value is -1.59. The molecule has 2 rings (SSSR count). The molecule has 5 heteroatoms. The maximum absolute atomic E-state index is 5.49.